The number of fused-ring (bicyclic) bond motifs is 1. The SMILES string of the molecule is COC(C)c1nc2c(c(C3CCN(C(=O)OCc4ccccc4)CC3)c1C(=O)c1ccc(C(F)(F)F)cc1)C(O[Si](C)(C)C(C)(C)C)CC(C)(C)C2. The number of rotatable bonds is 9. The largest absolute Gasteiger partial charge is 0.445 e. The van der Waals surface area contributed by atoms with Crippen molar-refractivity contribution in [3.63, 3.8) is 0 Å². The van der Waals surface area contributed by atoms with Gasteiger partial charge in [-0.3, -0.25) is 9.78 Å². The van der Waals surface area contributed by atoms with Gasteiger partial charge in [-0.15, -0.1) is 0 Å². The number of ketones is 1. The highest BCUT2D eigenvalue weighted by Gasteiger charge is 2.46. The molecule has 2 heterocycles. The second-order valence-electron chi connectivity index (χ2n) is 16.6. The van der Waals surface area contributed by atoms with Crippen LogP contribution >= 0.6 is 0 Å². The van der Waals surface area contributed by atoms with E-state index in [2.05, 4.69) is 47.7 Å². The molecule has 0 bridgehead atoms. The number of carbonyl (C=O) groups excluding carboxylic acids is 2. The zero-order valence-corrected chi connectivity index (χ0v) is 32.9. The number of nitrogens with zero attached hydrogens (tertiary/aromatic N) is 2. The molecule has 1 saturated heterocycles. The summed E-state index contributed by atoms with van der Waals surface area (Å²) in [5.41, 5.74) is 3.50. The summed E-state index contributed by atoms with van der Waals surface area (Å²) in [6.45, 7) is 18.3. The highest BCUT2D eigenvalue weighted by Crippen LogP contribution is 2.51. The van der Waals surface area contributed by atoms with Crippen molar-refractivity contribution in [2.45, 2.75) is 116 Å². The average molecular weight is 739 g/mol. The van der Waals surface area contributed by atoms with Crippen molar-refractivity contribution in [3.8, 4) is 0 Å². The second-order valence-corrected chi connectivity index (χ2v) is 21.4. The topological polar surface area (TPSA) is 78.0 Å². The summed E-state index contributed by atoms with van der Waals surface area (Å²) in [5, 5.41) is -0.0861. The van der Waals surface area contributed by atoms with E-state index in [1.54, 1.807) is 12.0 Å². The zero-order chi connectivity index (χ0) is 38.2. The summed E-state index contributed by atoms with van der Waals surface area (Å²) in [4.78, 5) is 34.9. The summed E-state index contributed by atoms with van der Waals surface area (Å²) >= 11 is 0. The Morgan fingerprint density at radius 2 is 1.60 bits per heavy atom. The molecule has 3 aromatic rings. The van der Waals surface area contributed by atoms with Crippen LogP contribution in [-0.2, 0) is 33.1 Å². The van der Waals surface area contributed by atoms with Crippen molar-refractivity contribution in [2.24, 2.45) is 5.41 Å². The van der Waals surface area contributed by atoms with E-state index < -0.39 is 38.0 Å². The van der Waals surface area contributed by atoms with Gasteiger partial charge in [-0.25, -0.2) is 4.79 Å². The number of benzene rings is 2. The lowest BCUT2D eigenvalue weighted by Crippen LogP contribution is -2.44. The van der Waals surface area contributed by atoms with Crippen LogP contribution in [0.25, 0.3) is 0 Å². The van der Waals surface area contributed by atoms with Crippen LogP contribution in [0.2, 0.25) is 18.1 Å². The minimum atomic E-state index is -4.53. The molecule has 5 rings (SSSR count). The number of hydrogen-bond acceptors (Lipinski definition) is 6. The Balaban J connectivity index is 1.63. The van der Waals surface area contributed by atoms with E-state index in [9.17, 15) is 22.8 Å². The molecule has 1 fully saturated rings. The normalized spacial score (nSPS) is 18.8. The number of ether oxygens (including phenoxy) is 2. The van der Waals surface area contributed by atoms with Gasteiger partial charge in [0.05, 0.1) is 29.0 Å². The fraction of sp³-hybridized carbons (Fsp3) is 0.537. The maximum atomic E-state index is 14.8. The third-order valence-electron chi connectivity index (χ3n) is 11.1. The molecule has 11 heteroatoms. The van der Waals surface area contributed by atoms with Gasteiger partial charge in [-0.1, -0.05) is 77.1 Å². The Bertz CT molecular complexity index is 1750. The summed E-state index contributed by atoms with van der Waals surface area (Å²) in [6.07, 6.45) is -3.35. The van der Waals surface area contributed by atoms with Gasteiger partial charge in [0, 0.05) is 37.0 Å². The Morgan fingerprint density at radius 1 is 0.981 bits per heavy atom. The monoisotopic (exact) mass is 738 g/mol. The Morgan fingerprint density at radius 3 is 2.15 bits per heavy atom. The lowest BCUT2D eigenvalue weighted by molar-refractivity contribution is -0.137. The summed E-state index contributed by atoms with van der Waals surface area (Å²) < 4.78 is 59.3. The Kier molecular flexibility index (Phi) is 11.5. The molecular formula is C41H53F3N2O5Si. The first-order valence-corrected chi connectivity index (χ1v) is 21.1. The lowest BCUT2D eigenvalue weighted by atomic mass is 9.70. The molecule has 1 aromatic heterocycles. The van der Waals surface area contributed by atoms with Crippen molar-refractivity contribution in [1.29, 1.82) is 0 Å². The quantitative estimate of drug-likeness (QED) is 0.161. The van der Waals surface area contributed by atoms with Gasteiger partial charge in [0.2, 0.25) is 0 Å². The highest BCUT2D eigenvalue weighted by molar-refractivity contribution is 6.74. The van der Waals surface area contributed by atoms with Crippen LogP contribution in [0.15, 0.2) is 54.6 Å². The minimum absolute atomic E-state index is 0.0861. The molecule has 0 N–H and O–H groups in total. The first kappa shape index (κ1) is 39.7. The van der Waals surface area contributed by atoms with Crippen LogP contribution in [0, 0.1) is 5.41 Å². The van der Waals surface area contributed by atoms with Crippen LogP contribution in [0.3, 0.4) is 0 Å². The highest BCUT2D eigenvalue weighted by atomic mass is 28.4. The summed E-state index contributed by atoms with van der Waals surface area (Å²) in [5.74, 6) is -0.559. The summed E-state index contributed by atoms with van der Waals surface area (Å²) in [7, 11) is -0.787. The Labute approximate surface area is 307 Å². The number of hydrogen-bond donors (Lipinski definition) is 0. The Hall–Kier alpha value is -3.54. The van der Waals surface area contributed by atoms with Gasteiger partial charge in [-0.2, -0.15) is 13.2 Å². The smallest absolute Gasteiger partial charge is 0.416 e. The second kappa shape index (κ2) is 15.1. The first-order chi connectivity index (χ1) is 24.2. The number of methoxy groups -OCH3 is 1. The van der Waals surface area contributed by atoms with Crippen LogP contribution in [0.1, 0.15) is 128 Å². The number of amides is 1. The maximum Gasteiger partial charge on any atom is 0.416 e. The van der Waals surface area contributed by atoms with Gasteiger partial charge < -0.3 is 18.8 Å². The van der Waals surface area contributed by atoms with E-state index >= 15 is 0 Å². The van der Waals surface area contributed by atoms with E-state index in [1.165, 1.54) is 12.1 Å². The van der Waals surface area contributed by atoms with Gasteiger partial charge in [0.1, 0.15) is 6.61 Å². The molecule has 0 spiro atoms. The predicted octanol–water partition coefficient (Wildman–Crippen LogP) is 10.6. The fourth-order valence-corrected chi connectivity index (χ4v) is 8.40. The van der Waals surface area contributed by atoms with Crippen molar-refractivity contribution in [2.75, 3.05) is 20.2 Å². The van der Waals surface area contributed by atoms with Gasteiger partial charge in [0.25, 0.3) is 0 Å². The molecular weight excluding hydrogens is 686 g/mol. The van der Waals surface area contributed by atoms with Crippen molar-refractivity contribution in [1.82, 2.24) is 9.88 Å². The van der Waals surface area contributed by atoms with E-state index in [0.29, 0.717) is 43.6 Å². The molecule has 2 unspecified atom stereocenters. The molecule has 1 aliphatic heterocycles. The molecule has 282 valence electrons. The van der Waals surface area contributed by atoms with Crippen molar-refractivity contribution in [3.05, 3.63) is 99.4 Å². The zero-order valence-electron chi connectivity index (χ0n) is 31.9. The van der Waals surface area contributed by atoms with Gasteiger partial charge >= 0.3 is 12.3 Å². The number of piperidine rings is 1. The molecule has 2 aromatic carbocycles. The van der Waals surface area contributed by atoms with E-state index in [-0.39, 0.29) is 34.6 Å². The third kappa shape index (κ3) is 8.63. The van der Waals surface area contributed by atoms with Crippen LogP contribution in [-0.4, -0.2) is 50.3 Å². The number of alkyl halides is 3. The molecule has 1 aliphatic carbocycles. The van der Waals surface area contributed by atoms with E-state index in [1.807, 2.05) is 37.3 Å². The number of pyridine rings is 1. The van der Waals surface area contributed by atoms with Gasteiger partial charge in [-0.05, 0) is 85.3 Å². The lowest BCUT2D eigenvalue weighted by Gasteiger charge is -2.46. The predicted molar refractivity (Wildman–Crippen MR) is 198 cm³/mol. The molecule has 52 heavy (non-hydrogen) atoms. The van der Waals surface area contributed by atoms with Crippen molar-refractivity contribution < 1.29 is 36.7 Å². The van der Waals surface area contributed by atoms with E-state index in [0.717, 1.165) is 40.9 Å². The van der Waals surface area contributed by atoms with Crippen LogP contribution in [0.5, 0.6) is 0 Å². The molecule has 7 nitrogen and oxygen atoms in total. The number of carbonyl (C=O) groups is 2. The summed E-state index contributed by atoms with van der Waals surface area (Å²) in [6, 6.07) is 13.9. The number of likely N-dealkylation sites (tertiary alicyclic amines) is 1. The molecule has 2 aliphatic rings. The van der Waals surface area contributed by atoms with Crippen LogP contribution in [0.4, 0.5) is 18.0 Å². The number of halogens is 3. The maximum absolute atomic E-state index is 14.8. The molecule has 2 atom stereocenters. The molecule has 0 radical (unpaired) electrons. The van der Waals surface area contributed by atoms with Gasteiger partial charge in [0.15, 0.2) is 14.1 Å². The molecule has 1 amide bonds. The number of aromatic nitrogens is 1. The fourth-order valence-electron chi connectivity index (χ4n) is 7.13. The molecule has 0 saturated carbocycles. The standard InChI is InChI=1S/C41H53F3N2O5Si/c1-26(49-7)36-35(37(47)29-15-17-30(18-16-29)41(42,43)44)33(28-19-21-46(22-20-28)38(48)50-25-27-13-11-10-12-14-27)34-31(45-36)23-40(5,6)24-32(34)51-52(8,9)39(2,3)4/h10-18,26,28,32H,19-25H2,1-9H3. The van der Waals surface area contributed by atoms with Crippen LogP contribution < -0.4 is 0 Å². The van der Waals surface area contributed by atoms with Crippen molar-refractivity contribution >= 4 is 20.2 Å². The average Bonchev–Trinajstić information content (AvgIpc) is 3.08. The minimum Gasteiger partial charge on any atom is -0.445 e. The first-order valence-electron chi connectivity index (χ1n) is 18.2. The third-order valence-corrected chi connectivity index (χ3v) is 15.6. The van der Waals surface area contributed by atoms with E-state index in [4.69, 9.17) is 18.9 Å².